The Morgan fingerprint density at radius 1 is 0.909 bits per heavy atom. The van der Waals surface area contributed by atoms with Crippen molar-refractivity contribution in [3.05, 3.63) is 93.9 Å². The number of rotatable bonds is 8. The zero-order valence-corrected chi connectivity index (χ0v) is 19.3. The van der Waals surface area contributed by atoms with Crippen molar-refractivity contribution in [2.24, 2.45) is 0 Å². The highest BCUT2D eigenvalue weighted by molar-refractivity contribution is 6.37. The number of ether oxygens (including phenoxy) is 1. The van der Waals surface area contributed by atoms with Gasteiger partial charge in [-0.25, -0.2) is 4.98 Å². The quantitative estimate of drug-likeness (QED) is 0.372. The van der Waals surface area contributed by atoms with Crippen molar-refractivity contribution >= 4 is 23.2 Å². The lowest BCUT2D eigenvalue weighted by atomic mass is 10.1. The number of aromatic hydroxyl groups is 1. The first-order chi connectivity index (χ1) is 16.0. The van der Waals surface area contributed by atoms with Gasteiger partial charge in [-0.1, -0.05) is 58.6 Å². The van der Waals surface area contributed by atoms with E-state index >= 15 is 0 Å². The van der Waals surface area contributed by atoms with Crippen LogP contribution < -0.4 is 4.74 Å². The Kier molecular flexibility index (Phi) is 7.34. The van der Waals surface area contributed by atoms with Gasteiger partial charge in [0.2, 0.25) is 0 Å². The van der Waals surface area contributed by atoms with Crippen molar-refractivity contribution in [3.63, 3.8) is 0 Å². The highest BCUT2D eigenvalue weighted by Gasteiger charge is 2.11. The maximum absolute atomic E-state index is 9.68. The molecule has 0 spiro atoms. The molecule has 168 valence electrons. The second-order valence-corrected chi connectivity index (χ2v) is 8.37. The molecule has 2 aromatic heterocycles. The summed E-state index contributed by atoms with van der Waals surface area (Å²) in [6, 6.07) is 15.5. The lowest BCUT2D eigenvalue weighted by Gasteiger charge is -2.16. The van der Waals surface area contributed by atoms with E-state index < -0.39 is 0 Å². The highest BCUT2D eigenvalue weighted by Crippen LogP contribution is 2.35. The molecular weight excluding hydrogens is 461 g/mol. The fourth-order valence-corrected chi connectivity index (χ4v) is 3.72. The number of phenols is 1. The summed E-state index contributed by atoms with van der Waals surface area (Å²) >= 11 is 11.9. The number of benzene rings is 2. The summed E-state index contributed by atoms with van der Waals surface area (Å²) < 4.78 is 5.66. The van der Waals surface area contributed by atoms with E-state index in [4.69, 9.17) is 27.9 Å². The van der Waals surface area contributed by atoms with Crippen LogP contribution in [0.2, 0.25) is 10.0 Å². The molecule has 2 aromatic carbocycles. The third kappa shape index (κ3) is 6.16. The average molecular weight is 482 g/mol. The van der Waals surface area contributed by atoms with E-state index in [9.17, 15) is 5.11 Å². The van der Waals surface area contributed by atoms with Gasteiger partial charge in [-0.15, -0.1) is 5.10 Å². The molecule has 4 rings (SSSR count). The Labute approximate surface area is 201 Å². The zero-order valence-electron chi connectivity index (χ0n) is 17.8. The minimum Gasteiger partial charge on any atom is -0.505 e. The Bertz CT molecular complexity index is 1180. The molecular formula is C24H21Cl2N5O2. The number of hydrogen-bond acceptors (Lipinski definition) is 7. The fraction of sp³-hybridized carbons (Fsp3) is 0.167. The van der Waals surface area contributed by atoms with Crippen molar-refractivity contribution in [2.45, 2.75) is 19.7 Å². The van der Waals surface area contributed by atoms with Crippen molar-refractivity contribution in [3.8, 4) is 23.0 Å². The SMILES string of the molecule is CN(Cc1ccc(COc2ncc(-c3cc(Cl)c(O)c(Cl)c3)nn2)cc1)Cc1cccnc1. The van der Waals surface area contributed by atoms with Crippen molar-refractivity contribution in [2.75, 3.05) is 7.05 Å². The number of aromatic nitrogens is 4. The molecule has 9 heteroatoms. The van der Waals surface area contributed by atoms with Crippen LogP contribution in [0.4, 0.5) is 0 Å². The first-order valence-electron chi connectivity index (χ1n) is 10.1. The van der Waals surface area contributed by atoms with Crippen LogP contribution in [0.15, 0.2) is 67.1 Å². The van der Waals surface area contributed by atoms with E-state index in [0.29, 0.717) is 17.9 Å². The Balaban J connectivity index is 1.31. The van der Waals surface area contributed by atoms with Crippen molar-refractivity contribution in [1.29, 1.82) is 0 Å². The lowest BCUT2D eigenvalue weighted by molar-refractivity contribution is 0.276. The molecule has 0 bridgehead atoms. The van der Waals surface area contributed by atoms with E-state index in [2.05, 4.69) is 50.3 Å². The summed E-state index contributed by atoms with van der Waals surface area (Å²) in [5.41, 5.74) is 4.45. The summed E-state index contributed by atoms with van der Waals surface area (Å²) in [6.45, 7) is 1.99. The third-order valence-corrected chi connectivity index (χ3v) is 5.45. The van der Waals surface area contributed by atoms with Gasteiger partial charge < -0.3 is 9.84 Å². The van der Waals surface area contributed by atoms with E-state index in [1.54, 1.807) is 18.3 Å². The Morgan fingerprint density at radius 2 is 1.61 bits per heavy atom. The van der Waals surface area contributed by atoms with Gasteiger partial charge in [0.05, 0.1) is 16.2 Å². The van der Waals surface area contributed by atoms with E-state index in [1.165, 1.54) is 17.3 Å². The van der Waals surface area contributed by atoms with E-state index in [1.807, 2.05) is 24.4 Å². The summed E-state index contributed by atoms with van der Waals surface area (Å²) in [4.78, 5) is 10.6. The predicted octanol–water partition coefficient (Wildman–Crippen LogP) is 5.16. The summed E-state index contributed by atoms with van der Waals surface area (Å²) in [5, 5.41) is 18.1. The van der Waals surface area contributed by atoms with Crippen LogP contribution in [0.1, 0.15) is 16.7 Å². The molecule has 4 aromatic rings. The number of halogens is 2. The highest BCUT2D eigenvalue weighted by atomic mass is 35.5. The van der Waals surface area contributed by atoms with Gasteiger partial charge in [0.25, 0.3) is 0 Å². The van der Waals surface area contributed by atoms with Gasteiger partial charge in [-0.2, -0.15) is 0 Å². The fourth-order valence-electron chi connectivity index (χ4n) is 3.24. The van der Waals surface area contributed by atoms with Crippen LogP contribution in [0, 0.1) is 0 Å². The van der Waals surface area contributed by atoms with E-state index in [0.717, 1.165) is 18.7 Å². The standard InChI is InChI=1S/C24H21Cl2N5O2/c1-31(14-18-3-2-8-27-11-18)13-16-4-6-17(7-5-16)15-33-24-28-12-22(29-30-24)19-9-20(25)23(32)21(26)10-19/h2-12,32H,13-15H2,1H3. The topological polar surface area (TPSA) is 84.3 Å². The molecule has 0 saturated carbocycles. The molecule has 0 radical (unpaired) electrons. The van der Waals surface area contributed by atoms with Gasteiger partial charge in [-0.3, -0.25) is 9.88 Å². The third-order valence-electron chi connectivity index (χ3n) is 4.87. The first-order valence-corrected chi connectivity index (χ1v) is 10.9. The normalized spacial score (nSPS) is 11.0. The molecule has 33 heavy (non-hydrogen) atoms. The number of phenolic OH excluding ortho intramolecular Hbond substituents is 1. The summed E-state index contributed by atoms with van der Waals surface area (Å²) in [7, 11) is 2.08. The smallest absolute Gasteiger partial charge is 0.336 e. The minimum atomic E-state index is -0.172. The molecule has 0 saturated heterocycles. The molecule has 0 fully saturated rings. The van der Waals surface area contributed by atoms with Crippen LogP contribution in [-0.4, -0.2) is 37.2 Å². The number of nitrogens with zero attached hydrogens (tertiary/aromatic N) is 5. The van der Waals surface area contributed by atoms with Crippen LogP contribution >= 0.6 is 23.2 Å². The van der Waals surface area contributed by atoms with Crippen LogP contribution in [-0.2, 0) is 19.7 Å². The molecule has 0 aliphatic heterocycles. The minimum absolute atomic E-state index is 0.131. The van der Waals surface area contributed by atoms with Gasteiger partial charge in [0.15, 0.2) is 5.75 Å². The summed E-state index contributed by atoms with van der Waals surface area (Å²) in [6.07, 6.45) is 5.18. The van der Waals surface area contributed by atoms with Crippen LogP contribution in [0.25, 0.3) is 11.3 Å². The largest absolute Gasteiger partial charge is 0.505 e. The molecule has 1 N–H and O–H groups in total. The first kappa shape index (κ1) is 22.9. The molecule has 0 unspecified atom stereocenters. The monoisotopic (exact) mass is 481 g/mol. The van der Waals surface area contributed by atoms with E-state index in [-0.39, 0.29) is 21.8 Å². The molecule has 2 heterocycles. The molecule has 0 atom stereocenters. The molecule has 0 aliphatic rings. The van der Waals surface area contributed by atoms with Crippen LogP contribution in [0.5, 0.6) is 11.8 Å². The van der Waals surface area contributed by atoms with Gasteiger partial charge in [-0.05, 0) is 41.9 Å². The molecule has 0 aliphatic carbocycles. The average Bonchev–Trinajstić information content (AvgIpc) is 2.83. The zero-order chi connectivity index (χ0) is 23.2. The molecule has 0 amide bonds. The lowest BCUT2D eigenvalue weighted by Crippen LogP contribution is -2.17. The number of hydrogen-bond donors (Lipinski definition) is 1. The predicted molar refractivity (Wildman–Crippen MR) is 127 cm³/mol. The van der Waals surface area contributed by atoms with Gasteiger partial charge >= 0.3 is 6.01 Å². The van der Waals surface area contributed by atoms with Crippen molar-refractivity contribution in [1.82, 2.24) is 25.1 Å². The van der Waals surface area contributed by atoms with Crippen molar-refractivity contribution < 1.29 is 9.84 Å². The van der Waals surface area contributed by atoms with Gasteiger partial charge in [0.1, 0.15) is 12.3 Å². The Morgan fingerprint density at radius 3 is 2.24 bits per heavy atom. The number of pyridine rings is 1. The maximum Gasteiger partial charge on any atom is 0.336 e. The second-order valence-electron chi connectivity index (χ2n) is 7.55. The van der Waals surface area contributed by atoms with Crippen LogP contribution in [0.3, 0.4) is 0 Å². The van der Waals surface area contributed by atoms with Gasteiger partial charge in [0, 0.05) is 31.0 Å². The molecule has 7 nitrogen and oxygen atoms in total. The maximum atomic E-state index is 9.68. The second kappa shape index (κ2) is 10.6. The Hall–Kier alpha value is -3.26. The summed E-state index contributed by atoms with van der Waals surface area (Å²) in [5.74, 6) is -0.172.